The third-order valence-corrected chi connectivity index (χ3v) is 5.38. The van der Waals surface area contributed by atoms with Crippen molar-refractivity contribution in [3.05, 3.63) is 21.9 Å². The Bertz CT molecular complexity index is 574. The molecule has 0 spiro atoms. The molecule has 1 aliphatic heterocycles. The fourth-order valence-corrected chi connectivity index (χ4v) is 3.71. The minimum absolute atomic E-state index is 0. The largest absolute Gasteiger partial charge is 0.345 e. The van der Waals surface area contributed by atoms with Crippen LogP contribution in [0.25, 0.3) is 0 Å². The maximum Gasteiger partial charge on any atom is 0.223 e. The Labute approximate surface area is 154 Å². The number of nitrogens with zero attached hydrogens (tertiary/aromatic N) is 2. The number of carbonyl (C=O) groups is 2. The molecule has 0 saturated heterocycles. The normalized spacial score (nSPS) is 13.9. The van der Waals surface area contributed by atoms with Crippen LogP contribution >= 0.6 is 23.7 Å². The number of halogens is 1. The monoisotopic (exact) mass is 373 g/mol. The highest BCUT2D eigenvalue weighted by atomic mass is 35.5. The maximum atomic E-state index is 12.3. The predicted octanol–water partition coefficient (Wildman–Crippen LogP) is 2.28. The maximum absolute atomic E-state index is 12.3. The summed E-state index contributed by atoms with van der Waals surface area (Å²) in [6.07, 6.45) is 1.48. The van der Waals surface area contributed by atoms with Crippen molar-refractivity contribution in [2.24, 2.45) is 11.1 Å². The Morgan fingerprint density at radius 2 is 2.08 bits per heavy atom. The molecule has 136 valence electrons. The molecule has 0 bridgehead atoms. The van der Waals surface area contributed by atoms with Gasteiger partial charge in [-0.25, -0.2) is 0 Å². The van der Waals surface area contributed by atoms with Gasteiger partial charge in [0.2, 0.25) is 11.8 Å². The Hall–Kier alpha value is -1.11. The van der Waals surface area contributed by atoms with Gasteiger partial charge in [-0.2, -0.15) is 0 Å². The third-order valence-electron chi connectivity index (χ3n) is 4.36. The van der Waals surface area contributed by atoms with E-state index in [1.807, 2.05) is 18.7 Å². The topological polar surface area (TPSA) is 66.6 Å². The van der Waals surface area contributed by atoms with Gasteiger partial charge in [0.1, 0.15) is 0 Å². The Balaban J connectivity index is 0.00000288. The fourth-order valence-electron chi connectivity index (χ4n) is 2.82. The van der Waals surface area contributed by atoms with Crippen molar-refractivity contribution in [1.82, 2.24) is 9.80 Å². The first-order valence-electron chi connectivity index (χ1n) is 8.09. The smallest absolute Gasteiger partial charge is 0.223 e. The Morgan fingerprint density at radius 1 is 1.38 bits per heavy atom. The zero-order valence-corrected chi connectivity index (χ0v) is 16.3. The van der Waals surface area contributed by atoms with Gasteiger partial charge in [0.15, 0.2) is 0 Å². The molecule has 0 aliphatic carbocycles. The van der Waals surface area contributed by atoms with E-state index in [1.165, 1.54) is 10.4 Å². The van der Waals surface area contributed by atoms with E-state index in [2.05, 4.69) is 11.4 Å². The fraction of sp³-hybridized carbons (Fsp3) is 0.647. The zero-order valence-electron chi connectivity index (χ0n) is 14.7. The molecule has 24 heavy (non-hydrogen) atoms. The van der Waals surface area contributed by atoms with Crippen LogP contribution in [-0.2, 0) is 22.6 Å². The Morgan fingerprint density at radius 3 is 2.75 bits per heavy atom. The number of hydrogen-bond acceptors (Lipinski definition) is 4. The third kappa shape index (κ3) is 5.46. The molecule has 0 fully saturated rings. The van der Waals surface area contributed by atoms with Crippen LogP contribution in [0.3, 0.4) is 0 Å². The number of fused-ring (bicyclic) bond motifs is 1. The second kappa shape index (κ2) is 8.83. The minimum Gasteiger partial charge on any atom is -0.345 e. The van der Waals surface area contributed by atoms with Gasteiger partial charge in [-0.1, -0.05) is 13.8 Å². The van der Waals surface area contributed by atoms with E-state index in [-0.39, 0.29) is 42.5 Å². The molecule has 1 aliphatic rings. The Kier molecular flexibility index (Phi) is 7.70. The summed E-state index contributed by atoms with van der Waals surface area (Å²) in [7, 11) is 1.78. The number of carbonyl (C=O) groups excluding carboxylic acids is 2. The lowest BCUT2D eigenvalue weighted by molar-refractivity contribution is -0.137. The van der Waals surface area contributed by atoms with Crippen molar-refractivity contribution in [2.75, 3.05) is 26.7 Å². The molecule has 5 nitrogen and oxygen atoms in total. The van der Waals surface area contributed by atoms with Crippen LogP contribution in [0.15, 0.2) is 11.4 Å². The summed E-state index contributed by atoms with van der Waals surface area (Å²) in [6, 6.07) is 2.09. The molecule has 0 saturated carbocycles. The van der Waals surface area contributed by atoms with Gasteiger partial charge in [0.05, 0.1) is 0 Å². The highest BCUT2D eigenvalue weighted by molar-refractivity contribution is 7.10. The van der Waals surface area contributed by atoms with Crippen LogP contribution in [-0.4, -0.2) is 48.3 Å². The molecule has 0 aromatic carbocycles. The molecule has 2 heterocycles. The molecule has 2 N–H and O–H groups in total. The number of rotatable bonds is 6. The molecule has 0 atom stereocenters. The van der Waals surface area contributed by atoms with Crippen molar-refractivity contribution in [2.45, 2.75) is 39.7 Å². The average Bonchev–Trinajstić information content (AvgIpc) is 2.99. The second-order valence-corrected chi connectivity index (χ2v) is 8.05. The van der Waals surface area contributed by atoms with Crippen LogP contribution in [0.2, 0.25) is 0 Å². The lowest BCUT2D eigenvalue weighted by atomic mass is 9.93. The molecule has 1 aromatic heterocycles. The van der Waals surface area contributed by atoms with Gasteiger partial charge in [-0.15, -0.1) is 23.7 Å². The lowest BCUT2D eigenvalue weighted by Crippen LogP contribution is -2.40. The summed E-state index contributed by atoms with van der Waals surface area (Å²) in [5.41, 5.74) is 6.86. The molecule has 0 radical (unpaired) electrons. The van der Waals surface area contributed by atoms with E-state index < -0.39 is 0 Å². The molecule has 7 heteroatoms. The standard InChI is InChI=1S/C17H27N3O2S.ClH/c1-17(2,11-18)12-19(3)15(21)4-5-16(22)20-8-6-14-13(10-20)7-9-23-14;/h7,9H,4-6,8,10-12,18H2,1-3H3;1H. The first-order chi connectivity index (χ1) is 10.8. The first-order valence-corrected chi connectivity index (χ1v) is 8.97. The van der Waals surface area contributed by atoms with Gasteiger partial charge in [0, 0.05) is 44.4 Å². The lowest BCUT2D eigenvalue weighted by Gasteiger charge is -2.30. The predicted molar refractivity (Wildman–Crippen MR) is 100 cm³/mol. The number of hydrogen-bond donors (Lipinski definition) is 1. The molecular formula is C17H28ClN3O2S. The van der Waals surface area contributed by atoms with Crippen LogP contribution in [0.5, 0.6) is 0 Å². The second-order valence-electron chi connectivity index (χ2n) is 7.05. The van der Waals surface area contributed by atoms with E-state index in [1.54, 1.807) is 23.3 Å². The van der Waals surface area contributed by atoms with Crippen LogP contribution in [0, 0.1) is 5.41 Å². The van der Waals surface area contributed by atoms with Crippen molar-refractivity contribution in [1.29, 1.82) is 0 Å². The van der Waals surface area contributed by atoms with E-state index in [9.17, 15) is 9.59 Å². The van der Waals surface area contributed by atoms with E-state index >= 15 is 0 Å². The summed E-state index contributed by atoms with van der Waals surface area (Å²) in [5, 5.41) is 2.08. The van der Waals surface area contributed by atoms with Crippen LogP contribution in [0.1, 0.15) is 37.1 Å². The summed E-state index contributed by atoms with van der Waals surface area (Å²) in [6.45, 7) is 6.65. The van der Waals surface area contributed by atoms with E-state index in [0.29, 0.717) is 19.6 Å². The number of amides is 2. The van der Waals surface area contributed by atoms with E-state index in [0.717, 1.165) is 13.0 Å². The number of nitrogens with two attached hydrogens (primary N) is 1. The number of thiophene rings is 1. The molecule has 1 aromatic rings. The summed E-state index contributed by atoms with van der Waals surface area (Å²) < 4.78 is 0. The average molecular weight is 374 g/mol. The van der Waals surface area contributed by atoms with Crippen molar-refractivity contribution in [3.8, 4) is 0 Å². The first kappa shape index (κ1) is 20.9. The summed E-state index contributed by atoms with van der Waals surface area (Å²) >= 11 is 1.76. The van der Waals surface area contributed by atoms with Crippen LogP contribution in [0.4, 0.5) is 0 Å². The summed E-state index contributed by atoms with van der Waals surface area (Å²) in [4.78, 5) is 29.5. The highest BCUT2D eigenvalue weighted by Crippen LogP contribution is 2.24. The van der Waals surface area contributed by atoms with Gasteiger partial charge >= 0.3 is 0 Å². The van der Waals surface area contributed by atoms with Crippen molar-refractivity contribution >= 4 is 35.6 Å². The van der Waals surface area contributed by atoms with Gasteiger partial charge < -0.3 is 15.5 Å². The van der Waals surface area contributed by atoms with Gasteiger partial charge in [-0.3, -0.25) is 9.59 Å². The SMILES string of the molecule is CN(CC(C)(C)CN)C(=O)CCC(=O)N1CCc2sccc2C1.Cl. The molecular weight excluding hydrogens is 346 g/mol. The van der Waals surface area contributed by atoms with Crippen LogP contribution < -0.4 is 5.73 Å². The van der Waals surface area contributed by atoms with E-state index in [4.69, 9.17) is 5.73 Å². The molecule has 2 amide bonds. The van der Waals surface area contributed by atoms with Crippen molar-refractivity contribution in [3.63, 3.8) is 0 Å². The van der Waals surface area contributed by atoms with Crippen molar-refractivity contribution < 1.29 is 9.59 Å². The molecule has 2 rings (SSSR count). The quantitative estimate of drug-likeness (QED) is 0.831. The minimum atomic E-state index is -0.101. The van der Waals surface area contributed by atoms with Gasteiger partial charge in [-0.05, 0) is 35.4 Å². The van der Waals surface area contributed by atoms with Gasteiger partial charge in [0.25, 0.3) is 0 Å². The zero-order chi connectivity index (χ0) is 17.0. The molecule has 0 unspecified atom stereocenters. The summed E-state index contributed by atoms with van der Waals surface area (Å²) in [5.74, 6) is 0.0785. The highest BCUT2D eigenvalue weighted by Gasteiger charge is 2.24.